The van der Waals surface area contributed by atoms with Gasteiger partial charge < -0.3 is 10.0 Å². The molecule has 0 amide bonds. The predicted molar refractivity (Wildman–Crippen MR) is 77.6 cm³/mol. The molecule has 1 N–H and O–H groups in total. The molecule has 3 rings (SSSR count). The smallest absolute Gasteiger partial charge is 0.337 e. The Morgan fingerprint density at radius 2 is 2.30 bits per heavy atom. The molecule has 1 aromatic rings. The topological polar surface area (TPSA) is 56.7 Å². The van der Waals surface area contributed by atoms with Crippen LogP contribution in [0.25, 0.3) is 0 Å². The van der Waals surface area contributed by atoms with Gasteiger partial charge in [0.15, 0.2) is 0 Å². The van der Waals surface area contributed by atoms with E-state index < -0.39 is 5.97 Å². The molecular weight excluding hydrogens is 278 g/mol. The lowest BCUT2D eigenvalue weighted by Crippen LogP contribution is -2.55. The van der Waals surface area contributed by atoms with E-state index in [0.29, 0.717) is 17.9 Å². The van der Waals surface area contributed by atoms with Crippen molar-refractivity contribution < 1.29 is 9.90 Å². The van der Waals surface area contributed by atoms with Gasteiger partial charge >= 0.3 is 5.97 Å². The van der Waals surface area contributed by atoms with Crippen molar-refractivity contribution in [2.75, 3.05) is 24.5 Å². The third kappa shape index (κ3) is 2.25. The molecule has 0 aromatic carbocycles. The highest BCUT2D eigenvalue weighted by Crippen LogP contribution is 2.33. The molecule has 0 saturated carbocycles. The number of hydrogen-bond donors (Lipinski definition) is 1. The van der Waals surface area contributed by atoms with Gasteiger partial charge in [-0.15, -0.1) is 0 Å². The van der Waals surface area contributed by atoms with Crippen molar-refractivity contribution in [3.8, 4) is 0 Å². The highest BCUT2D eigenvalue weighted by atomic mass is 35.5. The maximum absolute atomic E-state index is 11.2. The van der Waals surface area contributed by atoms with E-state index in [2.05, 4.69) is 21.7 Å². The first-order chi connectivity index (χ1) is 9.58. The zero-order valence-corrected chi connectivity index (χ0v) is 12.2. The minimum absolute atomic E-state index is 0.123. The highest BCUT2D eigenvalue weighted by molar-refractivity contribution is 6.35. The molecule has 0 spiro atoms. The van der Waals surface area contributed by atoms with Crippen molar-refractivity contribution in [1.29, 1.82) is 0 Å². The monoisotopic (exact) mass is 295 g/mol. The second-order valence-electron chi connectivity index (χ2n) is 5.59. The van der Waals surface area contributed by atoms with Crippen LogP contribution in [0.3, 0.4) is 0 Å². The molecule has 3 heterocycles. The molecule has 0 aliphatic carbocycles. The van der Waals surface area contributed by atoms with Crippen molar-refractivity contribution in [1.82, 2.24) is 9.88 Å². The summed E-state index contributed by atoms with van der Waals surface area (Å²) in [6, 6.07) is 2.28. The van der Waals surface area contributed by atoms with Crippen molar-refractivity contribution >= 4 is 23.4 Å². The average Bonchev–Trinajstić information content (AvgIpc) is 2.85. The molecule has 108 valence electrons. The maximum atomic E-state index is 11.2. The van der Waals surface area contributed by atoms with Crippen LogP contribution in [0.2, 0.25) is 5.02 Å². The number of aromatic nitrogens is 1. The second kappa shape index (κ2) is 5.22. The Labute approximate surface area is 123 Å². The van der Waals surface area contributed by atoms with E-state index in [1.54, 1.807) is 0 Å². The fourth-order valence-electron chi connectivity index (χ4n) is 3.28. The van der Waals surface area contributed by atoms with Crippen LogP contribution in [0, 0.1) is 0 Å². The van der Waals surface area contributed by atoms with Gasteiger partial charge in [-0.3, -0.25) is 4.90 Å². The van der Waals surface area contributed by atoms with Gasteiger partial charge in [0.2, 0.25) is 0 Å². The van der Waals surface area contributed by atoms with Gasteiger partial charge in [-0.05, 0) is 32.4 Å². The van der Waals surface area contributed by atoms with Gasteiger partial charge in [0.1, 0.15) is 5.82 Å². The fourth-order valence-corrected chi connectivity index (χ4v) is 3.58. The predicted octanol–water partition coefficient (Wildman–Crippen LogP) is 2.11. The number of carbonyl (C=O) groups is 1. The molecule has 2 atom stereocenters. The number of pyridine rings is 1. The van der Waals surface area contributed by atoms with Gasteiger partial charge in [-0.25, -0.2) is 9.78 Å². The number of anilines is 1. The molecule has 5 nitrogen and oxygen atoms in total. The summed E-state index contributed by atoms with van der Waals surface area (Å²) < 4.78 is 0. The largest absolute Gasteiger partial charge is 0.478 e. The lowest BCUT2D eigenvalue weighted by Gasteiger charge is -2.43. The Hall–Kier alpha value is -1.33. The lowest BCUT2D eigenvalue weighted by atomic mass is 10.1. The van der Waals surface area contributed by atoms with E-state index in [9.17, 15) is 4.79 Å². The average molecular weight is 296 g/mol. The molecule has 0 bridgehead atoms. The Balaban J connectivity index is 1.92. The number of nitrogens with zero attached hydrogens (tertiary/aromatic N) is 3. The van der Waals surface area contributed by atoms with E-state index in [1.807, 2.05) is 0 Å². The zero-order chi connectivity index (χ0) is 14.3. The Morgan fingerprint density at radius 3 is 3.05 bits per heavy atom. The molecule has 2 saturated heterocycles. The second-order valence-corrected chi connectivity index (χ2v) is 5.97. The third-order valence-electron chi connectivity index (χ3n) is 4.31. The quantitative estimate of drug-likeness (QED) is 0.905. The molecule has 2 fully saturated rings. The summed E-state index contributed by atoms with van der Waals surface area (Å²) in [6.45, 7) is 5.16. The summed E-state index contributed by atoms with van der Waals surface area (Å²) >= 11 is 6.25. The van der Waals surface area contributed by atoms with Crippen LogP contribution in [0.1, 0.15) is 30.1 Å². The standard InChI is InChI=1S/C14H18ClN3O2/c1-9-7-17-6-2-3-10(17)8-18(9)13-12(15)11(14(19)20)4-5-16-13/h4-5,9-10H,2-3,6-8H2,1H3,(H,19,20). The minimum Gasteiger partial charge on any atom is -0.478 e. The van der Waals surface area contributed by atoms with Gasteiger partial charge in [-0.2, -0.15) is 0 Å². The summed E-state index contributed by atoms with van der Waals surface area (Å²) in [5.41, 5.74) is 0.123. The number of carboxylic acid groups (broad SMARTS) is 1. The number of piperazine rings is 1. The van der Waals surface area contributed by atoms with Crippen LogP contribution < -0.4 is 4.90 Å². The summed E-state index contributed by atoms with van der Waals surface area (Å²) in [5.74, 6) is -0.406. The van der Waals surface area contributed by atoms with E-state index in [0.717, 1.165) is 13.1 Å². The first-order valence-corrected chi connectivity index (χ1v) is 7.34. The number of rotatable bonds is 2. The van der Waals surface area contributed by atoms with E-state index in [4.69, 9.17) is 16.7 Å². The van der Waals surface area contributed by atoms with Crippen LogP contribution in [0.5, 0.6) is 0 Å². The SMILES string of the molecule is CC1CN2CCCC2CN1c1nccc(C(=O)O)c1Cl. The summed E-state index contributed by atoms with van der Waals surface area (Å²) in [7, 11) is 0. The van der Waals surface area contributed by atoms with Gasteiger partial charge in [0.25, 0.3) is 0 Å². The highest BCUT2D eigenvalue weighted by Gasteiger charge is 2.36. The van der Waals surface area contributed by atoms with Crippen molar-refractivity contribution in [3.05, 3.63) is 22.8 Å². The first kappa shape index (κ1) is 13.6. The van der Waals surface area contributed by atoms with Crippen LogP contribution in [-0.4, -0.2) is 52.7 Å². The van der Waals surface area contributed by atoms with Gasteiger partial charge in [-0.1, -0.05) is 11.6 Å². The van der Waals surface area contributed by atoms with Crippen LogP contribution >= 0.6 is 11.6 Å². The number of halogens is 1. The fraction of sp³-hybridized carbons (Fsp3) is 0.571. The third-order valence-corrected chi connectivity index (χ3v) is 4.68. The number of aromatic carboxylic acids is 1. The van der Waals surface area contributed by atoms with Crippen molar-refractivity contribution in [3.63, 3.8) is 0 Å². The van der Waals surface area contributed by atoms with Gasteiger partial charge in [0.05, 0.1) is 10.6 Å². The van der Waals surface area contributed by atoms with E-state index in [1.165, 1.54) is 31.6 Å². The van der Waals surface area contributed by atoms with Crippen LogP contribution in [-0.2, 0) is 0 Å². The van der Waals surface area contributed by atoms with Crippen LogP contribution in [0.15, 0.2) is 12.3 Å². The minimum atomic E-state index is -1.01. The van der Waals surface area contributed by atoms with E-state index >= 15 is 0 Å². The Kier molecular flexibility index (Phi) is 3.56. The summed E-state index contributed by atoms with van der Waals surface area (Å²) in [6.07, 6.45) is 3.96. The number of fused-ring (bicyclic) bond motifs is 1. The molecule has 1 aromatic heterocycles. The normalized spacial score (nSPS) is 26.6. The Morgan fingerprint density at radius 1 is 1.50 bits per heavy atom. The number of carboxylic acids is 1. The van der Waals surface area contributed by atoms with Crippen molar-refractivity contribution in [2.24, 2.45) is 0 Å². The molecule has 0 radical (unpaired) electrons. The van der Waals surface area contributed by atoms with Gasteiger partial charge in [0, 0.05) is 31.4 Å². The first-order valence-electron chi connectivity index (χ1n) is 6.96. The zero-order valence-electron chi connectivity index (χ0n) is 11.4. The molecule has 2 aliphatic rings. The Bertz CT molecular complexity index is 537. The lowest BCUT2D eigenvalue weighted by molar-refractivity contribution is 0.0697. The molecular formula is C14H18ClN3O2. The molecule has 2 unspecified atom stereocenters. The van der Waals surface area contributed by atoms with E-state index in [-0.39, 0.29) is 10.6 Å². The van der Waals surface area contributed by atoms with Crippen molar-refractivity contribution in [2.45, 2.75) is 31.8 Å². The maximum Gasteiger partial charge on any atom is 0.337 e. The van der Waals surface area contributed by atoms with Crippen LogP contribution in [0.4, 0.5) is 5.82 Å². The summed E-state index contributed by atoms with van der Waals surface area (Å²) in [4.78, 5) is 20.2. The molecule has 6 heteroatoms. The number of hydrogen-bond acceptors (Lipinski definition) is 4. The molecule has 20 heavy (non-hydrogen) atoms. The summed E-state index contributed by atoms with van der Waals surface area (Å²) in [5, 5.41) is 9.41. The molecule has 2 aliphatic heterocycles.